The van der Waals surface area contributed by atoms with Gasteiger partial charge in [0, 0.05) is 17.3 Å². The molecule has 0 fully saturated rings. The van der Waals surface area contributed by atoms with Gasteiger partial charge in [0.25, 0.3) is 0 Å². The summed E-state index contributed by atoms with van der Waals surface area (Å²) in [6.07, 6.45) is 2.31. The van der Waals surface area contributed by atoms with E-state index in [0.717, 1.165) is 17.3 Å². The largest absolute Gasteiger partial charge is 0.333 e. The summed E-state index contributed by atoms with van der Waals surface area (Å²) in [6.45, 7) is 4.96. The maximum absolute atomic E-state index is 12.0. The number of carbonyl (C=O) groups excluding carboxylic acids is 1. The highest BCUT2D eigenvalue weighted by atomic mass is 35.5. The number of rotatable bonds is 3. The molecular formula is C17H16ClNOS. The van der Waals surface area contributed by atoms with Gasteiger partial charge in [-0.3, -0.25) is 4.79 Å². The highest BCUT2D eigenvalue weighted by molar-refractivity contribution is 7.16. The smallest absolute Gasteiger partial charge is 0.246 e. The van der Waals surface area contributed by atoms with E-state index in [9.17, 15) is 4.79 Å². The van der Waals surface area contributed by atoms with Crippen molar-refractivity contribution in [3.8, 4) is 0 Å². The van der Waals surface area contributed by atoms with Gasteiger partial charge in [-0.15, -0.1) is 11.3 Å². The molecule has 1 aliphatic rings. The highest BCUT2D eigenvalue weighted by Gasteiger charge is 2.29. The van der Waals surface area contributed by atoms with Crippen LogP contribution >= 0.6 is 22.9 Å². The number of halogens is 1. The van der Waals surface area contributed by atoms with Crippen molar-refractivity contribution >= 4 is 28.8 Å². The van der Waals surface area contributed by atoms with Gasteiger partial charge in [0.15, 0.2) is 0 Å². The number of carbonyl (C=O) groups is 1. The number of amides is 1. The van der Waals surface area contributed by atoms with Crippen LogP contribution < -0.4 is 0 Å². The summed E-state index contributed by atoms with van der Waals surface area (Å²) in [6, 6.07) is 12.4. The molecule has 21 heavy (non-hydrogen) atoms. The number of hydrogen-bond acceptors (Lipinski definition) is 2. The summed E-state index contributed by atoms with van der Waals surface area (Å²) in [5.74, 6) is 0.284. The van der Waals surface area contributed by atoms with Gasteiger partial charge in [0.2, 0.25) is 5.91 Å². The van der Waals surface area contributed by atoms with Gasteiger partial charge >= 0.3 is 0 Å². The fourth-order valence-electron chi connectivity index (χ4n) is 2.85. The Balaban J connectivity index is 1.90. The Labute approximate surface area is 133 Å². The molecule has 1 aliphatic heterocycles. The van der Waals surface area contributed by atoms with Crippen molar-refractivity contribution in [2.24, 2.45) is 0 Å². The monoisotopic (exact) mass is 317 g/mol. The third kappa shape index (κ3) is 3.04. The van der Waals surface area contributed by atoms with Crippen LogP contribution in [0.2, 0.25) is 4.34 Å². The van der Waals surface area contributed by atoms with E-state index in [1.54, 1.807) is 11.3 Å². The molecule has 0 aliphatic carbocycles. The average molecular weight is 318 g/mol. The van der Waals surface area contributed by atoms with E-state index in [4.69, 9.17) is 11.6 Å². The van der Waals surface area contributed by atoms with Crippen LogP contribution in [0.3, 0.4) is 0 Å². The van der Waals surface area contributed by atoms with Crippen molar-refractivity contribution in [1.29, 1.82) is 0 Å². The third-order valence-electron chi connectivity index (χ3n) is 3.84. The Morgan fingerprint density at radius 1 is 1.43 bits per heavy atom. The van der Waals surface area contributed by atoms with Crippen molar-refractivity contribution in [2.75, 3.05) is 6.54 Å². The normalized spacial score (nSPS) is 17.4. The first-order valence-electron chi connectivity index (χ1n) is 6.90. The highest BCUT2D eigenvalue weighted by Crippen LogP contribution is 2.38. The van der Waals surface area contributed by atoms with Crippen LogP contribution in [0.15, 0.2) is 49.1 Å². The lowest BCUT2D eigenvalue weighted by atomic mass is 9.89. The molecule has 0 saturated carbocycles. The van der Waals surface area contributed by atoms with Gasteiger partial charge in [0.1, 0.15) is 0 Å². The number of nitrogens with zero attached hydrogens (tertiary/aromatic N) is 1. The zero-order valence-corrected chi connectivity index (χ0v) is 13.2. The van der Waals surface area contributed by atoms with E-state index in [-0.39, 0.29) is 5.91 Å². The maximum atomic E-state index is 12.0. The van der Waals surface area contributed by atoms with Gasteiger partial charge < -0.3 is 4.90 Å². The van der Waals surface area contributed by atoms with Gasteiger partial charge in [-0.05, 0) is 29.7 Å². The van der Waals surface area contributed by atoms with Crippen LogP contribution in [0.5, 0.6) is 0 Å². The summed E-state index contributed by atoms with van der Waals surface area (Å²) in [5.41, 5.74) is 2.57. The molecule has 2 nitrogen and oxygen atoms in total. The Morgan fingerprint density at radius 3 is 2.90 bits per heavy atom. The second kappa shape index (κ2) is 6.04. The minimum atomic E-state index is -0.0109. The SMILES string of the molecule is C=CC(=O)N1Cc2sc(Cl)cc2[C@@H](Cc2ccccc2)C1. The quantitative estimate of drug-likeness (QED) is 0.775. The number of benzene rings is 1. The Kier molecular flexibility index (Phi) is 4.13. The van der Waals surface area contributed by atoms with Crippen LogP contribution in [-0.4, -0.2) is 17.4 Å². The molecule has 0 spiro atoms. The summed E-state index contributed by atoms with van der Waals surface area (Å²) < 4.78 is 0.797. The number of fused-ring (bicyclic) bond motifs is 1. The van der Waals surface area contributed by atoms with Crippen molar-refractivity contribution in [3.05, 3.63) is 69.4 Å². The van der Waals surface area contributed by atoms with Crippen LogP contribution in [-0.2, 0) is 17.8 Å². The Hall–Kier alpha value is -1.58. The fourth-order valence-corrected chi connectivity index (χ4v) is 4.23. The molecule has 3 rings (SSSR count). The molecular weight excluding hydrogens is 302 g/mol. The predicted molar refractivity (Wildman–Crippen MR) is 87.8 cm³/mol. The molecule has 4 heteroatoms. The Bertz CT molecular complexity index is 665. The van der Waals surface area contributed by atoms with Crippen LogP contribution in [0.4, 0.5) is 0 Å². The first-order chi connectivity index (χ1) is 10.2. The molecule has 0 N–H and O–H groups in total. The topological polar surface area (TPSA) is 20.3 Å². The lowest BCUT2D eigenvalue weighted by molar-refractivity contribution is -0.127. The second-order valence-electron chi connectivity index (χ2n) is 5.24. The molecule has 1 aromatic heterocycles. The molecule has 0 radical (unpaired) electrons. The van der Waals surface area contributed by atoms with E-state index in [1.165, 1.54) is 22.1 Å². The van der Waals surface area contributed by atoms with Crippen LogP contribution in [0.25, 0.3) is 0 Å². The number of thiophene rings is 1. The fraction of sp³-hybridized carbons (Fsp3) is 0.235. The van der Waals surface area contributed by atoms with Crippen molar-refractivity contribution < 1.29 is 4.79 Å². The average Bonchev–Trinajstić information content (AvgIpc) is 2.88. The predicted octanol–water partition coefficient (Wildman–Crippen LogP) is 4.26. The van der Waals surface area contributed by atoms with E-state index in [2.05, 4.69) is 24.8 Å². The first kappa shape index (κ1) is 14.4. The maximum Gasteiger partial charge on any atom is 0.246 e. The first-order valence-corrected chi connectivity index (χ1v) is 8.10. The van der Waals surface area contributed by atoms with Crippen molar-refractivity contribution in [1.82, 2.24) is 4.90 Å². The molecule has 1 amide bonds. The standard InChI is InChI=1S/C17H16ClNOS/c1-2-17(20)19-10-13(8-12-6-4-3-5-7-12)14-9-16(18)21-15(14)11-19/h2-7,9,13H,1,8,10-11H2/t13-/m0/s1. The molecule has 0 bridgehead atoms. The molecule has 1 atom stereocenters. The molecule has 1 aromatic carbocycles. The van der Waals surface area contributed by atoms with E-state index >= 15 is 0 Å². The zero-order chi connectivity index (χ0) is 14.8. The molecule has 0 unspecified atom stereocenters. The minimum Gasteiger partial charge on any atom is -0.333 e. The molecule has 2 aromatic rings. The molecule has 0 saturated heterocycles. The Morgan fingerprint density at radius 2 is 2.19 bits per heavy atom. The van der Waals surface area contributed by atoms with Gasteiger partial charge in [-0.2, -0.15) is 0 Å². The van der Waals surface area contributed by atoms with Gasteiger partial charge in [0.05, 0.1) is 10.9 Å². The summed E-state index contributed by atoms with van der Waals surface area (Å²) in [4.78, 5) is 15.0. The number of hydrogen-bond donors (Lipinski definition) is 0. The van der Waals surface area contributed by atoms with Crippen LogP contribution in [0, 0.1) is 0 Å². The lowest BCUT2D eigenvalue weighted by Crippen LogP contribution is -2.37. The summed E-state index contributed by atoms with van der Waals surface area (Å²) in [7, 11) is 0. The van der Waals surface area contributed by atoms with Gasteiger partial charge in [-0.1, -0.05) is 48.5 Å². The molecule has 108 valence electrons. The van der Waals surface area contributed by atoms with E-state index in [0.29, 0.717) is 12.5 Å². The third-order valence-corrected chi connectivity index (χ3v) is 5.10. The van der Waals surface area contributed by atoms with Crippen LogP contribution in [0.1, 0.15) is 21.9 Å². The van der Waals surface area contributed by atoms with E-state index < -0.39 is 0 Å². The summed E-state index contributed by atoms with van der Waals surface area (Å²) >= 11 is 7.75. The van der Waals surface area contributed by atoms with E-state index in [1.807, 2.05) is 23.1 Å². The van der Waals surface area contributed by atoms with Gasteiger partial charge in [-0.25, -0.2) is 0 Å². The lowest BCUT2D eigenvalue weighted by Gasteiger charge is -2.32. The second-order valence-corrected chi connectivity index (χ2v) is 7.01. The summed E-state index contributed by atoms with van der Waals surface area (Å²) in [5, 5.41) is 0. The van der Waals surface area contributed by atoms with Crippen molar-refractivity contribution in [2.45, 2.75) is 18.9 Å². The zero-order valence-electron chi connectivity index (χ0n) is 11.6. The van der Waals surface area contributed by atoms with Crippen molar-refractivity contribution in [3.63, 3.8) is 0 Å². The minimum absolute atomic E-state index is 0.0109. The molecule has 2 heterocycles.